The van der Waals surface area contributed by atoms with Gasteiger partial charge in [-0.15, -0.1) is 0 Å². The minimum absolute atomic E-state index is 0.0649. The average molecular weight is 347 g/mol. The molecule has 118 valence electrons. The zero-order chi connectivity index (χ0) is 15.7. The highest BCUT2D eigenvalue weighted by molar-refractivity contribution is 6.68. The van der Waals surface area contributed by atoms with Gasteiger partial charge in [-0.2, -0.15) is 0 Å². The van der Waals surface area contributed by atoms with Gasteiger partial charge in [0.15, 0.2) is 0 Å². The third kappa shape index (κ3) is 5.23. The van der Waals surface area contributed by atoms with E-state index in [1.54, 1.807) is 0 Å². The van der Waals surface area contributed by atoms with E-state index in [-0.39, 0.29) is 18.1 Å². The van der Waals surface area contributed by atoms with Gasteiger partial charge in [0, 0.05) is 5.41 Å². The topological polar surface area (TPSA) is 42.8 Å². The number of amides is 1. The first-order valence-corrected chi connectivity index (χ1v) is 7.92. The smallest absolute Gasteiger partial charge is 0.262 e. The Morgan fingerprint density at radius 1 is 1.20 bits per heavy atom. The Hall–Kier alpha value is 0.260. The molecule has 0 aromatic rings. The first-order valence-electron chi connectivity index (χ1n) is 6.79. The van der Waals surface area contributed by atoms with E-state index >= 15 is 0 Å². The van der Waals surface area contributed by atoms with Crippen LogP contribution in [-0.2, 0) is 9.53 Å². The molecule has 0 aliphatic carbocycles. The van der Waals surface area contributed by atoms with E-state index in [0.717, 1.165) is 4.90 Å². The van der Waals surface area contributed by atoms with Crippen LogP contribution in [0.4, 0.5) is 0 Å². The van der Waals surface area contributed by atoms with Gasteiger partial charge >= 0.3 is 0 Å². The highest BCUT2D eigenvalue weighted by Crippen LogP contribution is 2.29. The maximum absolute atomic E-state index is 12.2. The predicted octanol–water partition coefficient (Wildman–Crippen LogP) is 1.54. The molecule has 0 radical (unpaired) electrons. The molecule has 1 aliphatic heterocycles. The Morgan fingerprint density at radius 3 is 2.00 bits per heavy atom. The van der Waals surface area contributed by atoms with Crippen LogP contribution in [-0.4, -0.2) is 41.2 Å². The molecule has 3 atom stereocenters. The standard InChI is InChI=1S/C13H23Cl3N2O2/c1-8-6-18(7-9(2)20-8)10(13(14,15)16)17-11(19)12(3,4)5/h8-10H,6-7H2,1-5H3,(H,17,19)/p+1/t8-,9-,10-/m0/s1. The van der Waals surface area contributed by atoms with Gasteiger partial charge in [-0.3, -0.25) is 4.79 Å². The summed E-state index contributed by atoms with van der Waals surface area (Å²) < 4.78 is 4.13. The molecular formula is C13H24Cl3N2O2+. The van der Waals surface area contributed by atoms with Crippen molar-refractivity contribution in [3.05, 3.63) is 0 Å². The second-order valence-electron chi connectivity index (χ2n) is 6.52. The number of ether oxygens (including phenoxy) is 1. The fourth-order valence-corrected chi connectivity index (χ4v) is 2.94. The number of carbonyl (C=O) groups excluding carboxylic acids is 1. The van der Waals surface area contributed by atoms with Gasteiger partial charge in [-0.25, -0.2) is 0 Å². The van der Waals surface area contributed by atoms with E-state index in [1.807, 2.05) is 34.6 Å². The number of hydrogen-bond acceptors (Lipinski definition) is 2. The summed E-state index contributed by atoms with van der Waals surface area (Å²) in [5.74, 6) is -0.131. The van der Waals surface area contributed by atoms with Crippen molar-refractivity contribution in [1.29, 1.82) is 0 Å². The van der Waals surface area contributed by atoms with Crippen LogP contribution in [0.5, 0.6) is 0 Å². The first-order chi connectivity index (χ1) is 8.91. The van der Waals surface area contributed by atoms with Crippen LogP contribution in [0.25, 0.3) is 0 Å². The molecular weight excluding hydrogens is 323 g/mol. The van der Waals surface area contributed by atoms with Crippen LogP contribution in [0.2, 0.25) is 0 Å². The zero-order valence-electron chi connectivity index (χ0n) is 12.6. The van der Waals surface area contributed by atoms with Gasteiger partial charge < -0.3 is 15.0 Å². The molecule has 2 N–H and O–H groups in total. The molecule has 1 heterocycles. The van der Waals surface area contributed by atoms with Crippen molar-refractivity contribution in [1.82, 2.24) is 5.32 Å². The second-order valence-corrected chi connectivity index (χ2v) is 8.89. The molecule has 0 aromatic heterocycles. The average Bonchev–Trinajstić information content (AvgIpc) is 2.20. The summed E-state index contributed by atoms with van der Waals surface area (Å²) in [4.78, 5) is 13.2. The second kappa shape index (κ2) is 6.57. The van der Waals surface area contributed by atoms with Gasteiger partial charge in [0.25, 0.3) is 3.79 Å². The van der Waals surface area contributed by atoms with Gasteiger partial charge in [0.05, 0.1) is 0 Å². The Labute approximate surface area is 136 Å². The molecule has 0 saturated carbocycles. The molecule has 0 unspecified atom stereocenters. The molecule has 20 heavy (non-hydrogen) atoms. The van der Waals surface area contributed by atoms with Crippen LogP contribution in [0.1, 0.15) is 34.6 Å². The van der Waals surface area contributed by atoms with Crippen molar-refractivity contribution in [3.63, 3.8) is 0 Å². The Morgan fingerprint density at radius 2 is 1.65 bits per heavy atom. The Bertz CT molecular complexity index is 343. The molecule has 0 spiro atoms. The number of quaternary nitrogens is 1. The van der Waals surface area contributed by atoms with Gasteiger partial charge in [-0.1, -0.05) is 55.6 Å². The summed E-state index contributed by atoms with van der Waals surface area (Å²) in [6.45, 7) is 10.8. The van der Waals surface area contributed by atoms with Crippen molar-refractivity contribution >= 4 is 40.7 Å². The molecule has 1 saturated heterocycles. The van der Waals surface area contributed by atoms with E-state index in [4.69, 9.17) is 39.5 Å². The lowest BCUT2D eigenvalue weighted by atomic mass is 9.95. The number of carbonyl (C=O) groups is 1. The summed E-state index contributed by atoms with van der Waals surface area (Å²) in [6, 6.07) is 0. The van der Waals surface area contributed by atoms with Gasteiger partial charge in [0.1, 0.15) is 25.3 Å². The summed E-state index contributed by atoms with van der Waals surface area (Å²) in [7, 11) is 0. The highest BCUT2D eigenvalue weighted by atomic mass is 35.6. The lowest BCUT2D eigenvalue weighted by Crippen LogP contribution is -3.22. The minimum atomic E-state index is -1.56. The monoisotopic (exact) mass is 345 g/mol. The molecule has 1 aliphatic rings. The van der Waals surface area contributed by atoms with Crippen molar-refractivity contribution < 1.29 is 14.4 Å². The third-order valence-corrected chi connectivity index (χ3v) is 3.91. The maximum Gasteiger partial charge on any atom is 0.262 e. The lowest BCUT2D eigenvalue weighted by Gasteiger charge is -2.40. The largest absolute Gasteiger partial charge is 0.364 e. The number of hydrogen-bond donors (Lipinski definition) is 2. The fraction of sp³-hybridized carbons (Fsp3) is 0.923. The highest BCUT2D eigenvalue weighted by Gasteiger charge is 2.45. The SMILES string of the molecule is C[C@H]1C[NH+]([C@H](NC(=O)C(C)(C)C)C(Cl)(Cl)Cl)C[C@H](C)O1. The van der Waals surface area contributed by atoms with Gasteiger partial charge in [0.2, 0.25) is 12.1 Å². The number of alkyl halides is 3. The Kier molecular flexibility index (Phi) is 6.02. The Balaban J connectivity index is 2.88. The van der Waals surface area contributed by atoms with E-state index in [9.17, 15) is 4.79 Å². The first kappa shape index (κ1) is 18.3. The van der Waals surface area contributed by atoms with Crippen LogP contribution in [0, 0.1) is 5.41 Å². The predicted molar refractivity (Wildman–Crippen MR) is 82.4 cm³/mol. The molecule has 0 aromatic carbocycles. The number of nitrogens with one attached hydrogen (secondary N) is 2. The fourth-order valence-electron chi connectivity index (χ4n) is 2.31. The van der Waals surface area contributed by atoms with E-state index in [2.05, 4.69) is 5.32 Å². The number of morpholine rings is 1. The molecule has 4 nitrogen and oxygen atoms in total. The van der Waals surface area contributed by atoms with E-state index in [1.165, 1.54) is 0 Å². The molecule has 1 fully saturated rings. The van der Waals surface area contributed by atoms with Gasteiger partial charge in [-0.05, 0) is 13.8 Å². The molecule has 1 rings (SSSR count). The summed E-state index contributed by atoms with van der Waals surface area (Å²) in [6.07, 6.45) is -0.460. The third-order valence-electron chi connectivity index (χ3n) is 3.26. The molecule has 7 heteroatoms. The lowest BCUT2D eigenvalue weighted by molar-refractivity contribution is -0.941. The van der Waals surface area contributed by atoms with Crippen molar-refractivity contribution in [2.45, 2.75) is 56.8 Å². The summed E-state index contributed by atoms with van der Waals surface area (Å²) in [5.41, 5.74) is -0.531. The molecule has 1 amide bonds. The minimum Gasteiger partial charge on any atom is -0.364 e. The molecule has 0 bridgehead atoms. The maximum atomic E-state index is 12.2. The quantitative estimate of drug-likeness (QED) is 0.745. The van der Waals surface area contributed by atoms with Crippen molar-refractivity contribution in [2.75, 3.05) is 13.1 Å². The van der Waals surface area contributed by atoms with Crippen molar-refractivity contribution in [2.24, 2.45) is 5.41 Å². The van der Waals surface area contributed by atoms with E-state index < -0.39 is 15.4 Å². The zero-order valence-corrected chi connectivity index (χ0v) is 14.9. The summed E-state index contributed by atoms with van der Waals surface area (Å²) in [5, 5.41) is 2.88. The normalized spacial score (nSPS) is 29.9. The van der Waals surface area contributed by atoms with Crippen LogP contribution >= 0.6 is 34.8 Å². The van der Waals surface area contributed by atoms with Crippen molar-refractivity contribution in [3.8, 4) is 0 Å². The van der Waals surface area contributed by atoms with Crippen LogP contribution in [0.3, 0.4) is 0 Å². The number of rotatable bonds is 2. The number of halogens is 3. The van der Waals surface area contributed by atoms with Crippen LogP contribution < -0.4 is 10.2 Å². The van der Waals surface area contributed by atoms with E-state index in [0.29, 0.717) is 13.1 Å². The summed E-state index contributed by atoms with van der Waals surface area (Å²) >= 11 is 18.2. The van der Waals surface area contributed by atoms with Crippen LogP contribution in [0.15, 0.2) is 0 Å².